The molecule has 0 atom stereocenters. The summed E-state index contributed by atoms with van der Waals surface area (Å²) in [5.41, 5.74) is 0.658. The van der Waals surface area contributed by atoms with Gasteiger partial charge < -0.3 is 9.47 Å². The van der Waals surface area contributed by atoms with E-state index in [1.54, 1.807) is 12.1 Å². The first kappa shape index (κ1) is 17.0. The van der Waals surface area contributed by atoms with Crippen molar-refractivity contribution in [2.75, 3.05) is 39.5 Å². The Balaban J connectivity index is 0.00000200. The molecular weight excluding hydrogens is 278 g/mol. The lowest BCUT2D eigenvalue weighted by molar-refractivity contribution is 0.0368. The molecule has 1 aromatic carbocycles. The Morgan fingerprint density at radius 1 is 1.25 bits per heavy atom. The zero-order chi connectivity index (χ0) is 13.3. The molecule has 2 rings (SSSR count). The molecule has 0 spiro atoms. The molecule has 0 unspecified atom stereocenters. The van der Waals surface area contributed by atoms with Crippen molar-refractivity contribution >= 4 is 18.7 Å². The monoisotopic (exact) mass is 299 g/mol. The molecule has 1 heterocycles. The largest absolute Gasteiger partial charge is 0.494 e. The lowest BCUT2D eigenvalue weighted by Crippen LogP contribution is -2.36. The topological polar surface area (TPSA) is 38.8 Å². The third-order valence-electron chi connectivity index (χ3n) is 3.24. The van der Waals surface area contributed by atoms with Crippen molar-refractivity contribution in [3.63, 3.8) is 0 Å². The first-order valence-corrected chi connectivity index (χ1v) is 6.86. The number of hydrogen-bond acceptors (Lipinski definition) is 4. The van der Waals surface area contributed by atoms with E-state index in [1.807, 2.05) is 12.1 Å². The molecule has 0 N–H and O–H groups in total. The number of morpholine rings is 1. The maximum atomic E-state index is 10.6. The van der Waals surface area contributed by atoms with Gasteiger partial charge in [0.05, 0.1) is 19.8 Å². The van der Waals surface area contributed by atoms with Crippen LogP contribution in [-0.4, -0.2) is 50.6 Å². The summed E-state index contributed by atoms with van der Waals surface area (Å²) in [5.74, 6) is 0.774. The van der Waals surface area contributed by atoms with Gasteiger partial charge in [-0.2, -0.15) is 0 Å². The highest BCUT2D eigenvalue weighted by molar-refractivity contribution is 5.85. The highest BCUT2D eigenvalue weighted by Crippen LogP contribution is 2.12. The van der Waals surface area contributed by atoms with Crippen molar-refractivity contribution < 1.29 is 14.3 Å². The Morgan fingerprint density at radius 3 is 2.80 bits per heavy atom. The number of unbranched alkanes of at least 4 members (excludes halogenated alkanes) is 1. The van der Waals surface area contributed by atoms with Crippen molar-refractivity contribution in [1.82, 2.24) is 4.90 Å². The van der Waals surface area contributed by atoms with Gasteiger partial charge in [-0.1, -0.05) is 12.1 Å². The number of benzene rings is 1. The van der Waals surface area contributed by atoms with Crippen LogP contribution in [-0.2, 0) is 4.74 Å². The smallest absolute Gasteiger partial charge is 0.150 e. The summed E-state index contributed by atoms with van der Waals surface area (Å²) in [4.78, 5) is 13.1. The predicted octanol–water partition coefficient (Wildman–Crippen LogP) is 2.41. The molecule has 4 nitrogen and oxygen atoms in total. The molecule has 1 fully saturated rings. The first-order chi connectivity index (χ1) is 9.38. The molecule has 1 aliphatic rings. The van der Waals surface area contributed by atoms with Gasteiger partial charge in [-0.25, -0.2) is 0 Å². The Labute approximate surface area is 126 Å². The molecule has 112 valence electrons. The molecule has 0 bridgehead atoms. The van der Waals surface area contributed by atoms with Gasteiger partial charge in [0.25, 0.3) is 0 Å². The molecule has 0 aromatic heterocycles. The van der Waals surface area contributed by atoms with Gasteiger partial charge in [-0.3, -0.25) is 9.69 Å². The Morgan fingerprint density at radius 2 is 2.05 bits per heavy atom. The maximum Gasteiger partial charge on any atom is 0.150 e. The van der Waals surface area contributed by atoms with E-state index < -0.39 is 0 Å². The summed E-state index contributed by atoms with van der Waals surface area (Å²) in [6.07, 6.45) is 3.00. The molecule has 0 amide bonds. The van der Waals surface area contributed by atoms with E-state index in [0.717, 1.165) is 57.7 Å². The van der Waals surface area contributed by atoms with Gasteiger partial charge >= 0.3 is 0 Å². The fraction of sp³-hybridized carbons (Fsp3) is 0.533. The third kappa shape index (κ3) is 5.90. The Kier molecular flexibility index (Phi) is 8.26. The number of carbonyl (C=O) groups is 1. The van der Waals surface area contributed by atoms with Crippen molar-refractivity contribution in [3.8, 4) is 5.75 Å². The van der Waals surface area contributed by atoms with Crippen LogP contribution in [0.2, 0.25) is 0 Å². The molecular formula is C15H22ClNO3. The van der Waals surface area contributed by atoms with Crippen molar-refractivity contribution in [3.05, 3.63) is 29.8 Å². The number of aldehydes is 1. The van der Waals surface area contributed by atoms with Crippen LogP contribution in [0.1, 0.15) is 23.2 Å². The SMILES string of the molecule is Cl.O=Cc1cccc(OCCCCN2CCOCC2)c1. The van der Waals surface area contributed by atoms with E-state index in [1.165, 1.54) is 0 Å². The van der Waals surface area contributed by atoms with Gasteiger partial charge in [-0.15, -0.1) is 12.4 Å². The van der Waals surface area contributed by atoms with E-state index in [0.29, 0.717) is 12.2 Å². The minimum absolute atomic E-state index is 0. The van der Waals surface area contributed by atoms with Crippen LogP contribution in [0, 0.1) is 0 Å². The lowest BCUT2D eigenvalue weighted by Gasteiger charge is -2.26. The summed E-state index contributed by atoms with van der Waals surface area (Å²) in [5, 5.41) is 0. The minimum Gasteiger partial charge on any atom is -0.494 e. The van der Waals surface area contributed by atoms with Gasteiger partial charge in [0.15, 0.2) is 0 Å². The number of halogens is 1. The van der Waals surface area contributed by atoms with Crippen molar-refractivity contribution in [1.29, 1.82) is 0 Å². The van der Waals surface area contributed by atoms with Crippen LogP contribution >= 0.6 is 12.4 Å². The van der Waals surface area contributed by atoms with E-state index >= 15 is 0 Å². The van der Waals surface area contributed by atoms with Crippen LogP contribution in [0.5, 0.6) is 5.75 Å². The second kappa shape index (κ2) is 9.75. The second-order valence-electron chi connectivity index (χ2n) is 4.70. The maximum absolute atomic E-state index is 10.6. The number of hydrogen-bond donors (Lipinski definition) is 0. The average Bonchev–Trinajstić information content (AvgIpc) is 2.48. The highest BCUT2D eigenvalue weighted by Gasteiger charge is 2.08. The summed E-state index contributed by atoms with van der Waals surface area (Å²) in [7, 11) is 0. The van der Waals surface area contributed by atoms with Crippen LogP contribution in [0.25, 0.3) is 0 Å². The Bertz CT molecular complexity index is 394. The van der Waals surface area contributed by atoms with Gasteiger partial charge in [0.2, 0.25) is 0 Å². The summed E-state index contributed by atoms with van der Waals surface area (Å²) in [6.45, 7) is 5.61. The zero-order valence-electron chi connectivity index (χ0n) is 11.6. The predicted molar refractivity (Wildman–Crippen MR) is 81.1 cm³/mol. The average molecular weight is 300 g/mol. The van der Waals surface area contributed by atoms with Crippen molar-refractivity contribution in [2.45, 2.75) is 12.8 Å². The molecule has 1 aliphatic heterocycles. The molecule has 1 saturated heterocycles. The van der Waals surface area contributed by atoms with Crippen LogP contribution in [0.15, 0.2) is 24.3 Å². The number of rotatable bonds is 7. The third-order valence-corrected chi connectivity index (χ3v) is 3.24. The molecule has 1 aromatic rings. The number of ether oxygens (including phenoxy) is 2. The van der Waals surface area contributed by atoms with E-state index in [2.05, 4.69) is 4.90 Å². The standard InChI is InChI=1S/C15H21NO3.ClH/c17-13-14-4-3-5-15(12-14)19-9-2-1-6-16-7-10-18-11-8-16;/h3-5,12-13H,1-2,6-11H2;1H. The quantitative estimate of drug-likeness (QED) is 0.572. The fourth-order valence-corrected chi connectivity index (χ4v) is 2.13. The summed E-state index contributed by atoms with van der Waals surface area (Å²) >= 11 is 0. The summed E-state index contributed by atoms with van der Waals surface area (Å²) in [6, 6.07) is 7.27. The first-order valence-electron chi connectivity index (χ1n) is 6.86. The molecule has 20 heavy (non-hydrogen) atoms. The summed E-state index contributed by atoms with van der Waals surface area (Å²) < 4.78 is 10.9. The normalized spacial score (nSPS) is 15.4. The molecule has 0 radical (unpaired) electrons. The molecule has 0 aliphatic carbocycles. The van der Waals surface area contributed by atoms with Gasteiger partial charge in [0, 0.05) is 18.7 Å². The van der Waals surface area contributed by atoms with E-state index in [9.17, 15) is 4.79 Å². The zero-order valence-corrected chi connectivity index (χ0v) is 12.4. The molecule has 0 saturated carbocycles. The van der Waals surface area contributed by atoms with E-state index in [-0.39, 0.29) is 12.4 Å². The molecule has 5 heteroatoms. The van der Waals surface area contributed by atoms with Crippen LogP contribution in [0.3, 0.4) is 0 Å². The van der Waals surface area contributed by atoms with Crippen LogP contribution in [0.4, 0.5) is 0 Å². The van der Waals surface area contributed by atoms with E-state index in [4.69, 9.17) is 9.47 Å². The van der Waals surface area contributed by atoms with Crippen LogP contribution < -0.4 is 4.74 Å². The van der Waals surface area contributed by atoms with Gasteiger partial charge in [0.1, 0.15) is 12.0 Å². The van der Waals surface area contributed by atoms with Gasteiger partial charge in [-0.05, 0) is 31.5 Å². The van der Waals surface area contributed by atoms with Crippen molar-refractivity contribution in [2.24, 2.45) is 0 Å². The highest BCUT2D eigenvalue weighted by atomic mass is 35.5. The second-order valence-corrected chi connectivity index (χ2v) is 4.70. The Hall–Kier alpha value is -1.10. The minimum atomic E-state index is 0. The lowest BCUT2D eigenvalue weighted by atomic mass is 10.2. The fourth-order valence-electron chi connectivity index (χ4n) is 2.13. The number of nitrogens with zero attached hydrogens (tertiary/aromatic N) is 1. The number of carbonyl (C=O) groups excluding carboxylic acids is 1.